The number of aliphatic hydroxyl groups excluding tert-OH is 1. The van der Waals surface area contributed by atoms with Gasteiger partial charge in [0.25, 0.3) is 0 Å². The van der Waals surface area contributed by atoms with Crippen molar-refractivity contribution in [3.63, 3.8) is 0 Å². The van der Waals surface area contributed by atoms with E-state index in [1.54, 1.807) is 0 Å². The van der Waals surface area contributed by atoms with Crippen molar-refractivity contribution in [2.75, 3.05) is 33.3 Å². The fraction of sp³-hybridized carbons (Fsp3) is 1.00. The van der Waals surface area contributed by atoms with E-state index in [0.29, 0.717) is 6.04 Å². The normalized spacial score (nSPS) is 28.1. The Morgan fingerprint density at radius 2 is 1.94 bits per heavy atom. The molecule has 3 unspecified atom stereocenters. The zero-order chi connectivity index (χ0) is 13.2. The molecule has 1 aliphatic rings. The number of nitrogens with two attached hydrogens (primary N) is 1. The molecule has 1 aliphatic heterocycles. The van der Waals surface area contributed by atoms with Gasteiger partial charge in [-0.2, -0.15) is 0 Å². The lowest BCUT2D eigenvalue weighted by molar-refractivity contribution is 0.00642. The highest BCUT2D eigenvalue weighted by molar-refractivity contribution is 4.93. The highest BCUT2D eigenvalue weighted by Gasteiger charge is 2.36. The van der Waals surface area contributed by atoms with E-state index in [-0.39, 0.29) is 24.1 Å². The Morgan fingerprint density at radius 1 is 1.35 bits per heavy atom. The molecule has 4 heteroatoms. The van der Waals surface area contributed by atoms with Gasteiger partial charge in [0.1, 0.15) is 0 Å². The standard InChI is InChI=1S/C13H29N3O/c1-10-8-15(5)6-7-16(10)11(9-17)12(14)13(2,3)4/h10-12,17H,6-9,14H2,1-5H3. The molecule has 1 heterocycles. The maximum absolute atomic E-state index is 9.66. The van der Waals surface area contributed by atoms with E-state index < -0.39 is 0 Å². The van der Waals surface area contributed by atoms with Gasteiger partial charge in [-0.1, -0.05) is 20.8 Å². The topological polar surface area (TPSA) is 52.7 Å². The molecule has 17 heavy (non-hydrogen) atoms. The third-order valence-electron chi connectivity index (χ3n) is 3.91. The van der Waals surface area contributed by atoms with E-state index in [9.17, 15) is 5.11 Å². The number of hydrogen-bond donors (Lipinski definition) is 2. The molecular formula is C13H29N3O. The van der Waals surface area contributed by atoms with Gasteiger partial charge in [-0.15, -0.1) is 0 Å². The van der Waals surface area contributed by atoms with E-state index >= 15 is 0 Å². The summed E-state index contributed by atoms with van der Waals surface area (Å²) in [5.41, 5.74) is 6.34. The van der Waals surface area contributed by atoms with Gasteiger partial charge in [0.15, 0.2) is 0 Å². The van der Waals surface area contributed by atoms with Gasteiger partial charge in [0.2, 0.25) is 0 Å². The first-order valence-electron chi connectivity index (χ1n) is 6.58. The predicted octanol–water partition coefficient (Wildman–Crippen LogP) is 0.357. The van der Waals surface area contributed by atoms with Crippen LogP contribution in [-0.4, -0.2) is 66.3 Å². The number of piperazine rings is 1. The zero-order valence-corrected chi connectivity index (χ0v) is 12.0. The van der Waals surface area contributed by atoms with Gasteiger partial charge < -0.3 is 15.7 Å². The third kappa shape index (κ3) is 3.65. The van der Waals surface area contributed by atoms with Crippen LogP contribution in [0.5, 0.6) is 0 Å². The van der Waals surface area contributed by atoms with Crippen molar-refractivity contribution in [1.82, 2.24) is 9.80 Å². The van der Waals surface area contributed by atoms with Crippen molar-refractivity contribution in [2.45, 2.75) is 45.8 Å². The van der Waals surface area contributed by atoms with Crippen LogP contribution in [-0.2, 0) is 0 Å². The molecule has 0 aromatic heterocycles. The molecule has 0 aliphatic carbocycles. The summed E-state index contributed by atoms with van der Waals surface area (Å²) in [6, 6.07) is 0.524. The van der Waals surface area contributed by atoms with E-state index in [1.165, 1.54) is 0 Å². The molecule has 0 saturated carbocycles. The molecule has 0 spiro atoms. The maximum Gasteiger partial charge on any atom is 0.0602 e. The minimum Gasteiger partial charge on any atom is -0.395 e. The Hall–Kier alpha value is -0.160. The Labute approximate surface area is 106 Å². The summed E-state index contributed by atoms with van der Waals surface area (Å²) in [5.74, 6) is 0. The Balaban J connectivity index is 2.73. The van der Waals surface area contributed by atoms with Crippen LogP contribution >= 0.6 is 0 Å². The van der Waals surface area contributed by atoms with Gasteiger partial charge >= 0.3 is 0 Å². The van der Waals surface area contributed by atoms with Crippen LogP contribution in [0.15, 0.2) is 0 Å². The molecule has 1 rings (SSSR count). The minimum absolute atomic E-state index is 0.00152. The van der Waals surface area contributed by atoms with Crippen LogP contribution in [0.4, 0.5) is 0 Å². The average molecular weight is 243 g/mol. The molecule has 0 bridgehead atoms. The van der Waals surface area contributed by atoms with Crippen molar-refractivity contribution >= 4 is 0 Å². The van der Waals surface area contributed by atoms with Crippen molar-refractivity contribution in [2.24, 2.45) is 11.1 Å². The number of likely N-dealkylation sites (N-methyl/N-ethyl adjacent to an activating group) is 1. The molecule has 0 aromatic rings. The monoisotopic (exact) mass is 243 g/mol. The summed E-state index contributed by atoms with van der Waals surface area (Å²) in [6.45, 7) is 11.9. The molecule has 4 nitrogen and oxygen atoms in total. The number of aliphatic hydroxyl groups is 1. The van der Waals surface area contributed by atoms with Gasteiger partial charge in [-0.25, -0.2) is 0 Å². The second-order valence-corrected chi connectivity index (χ2v) is 6.49. The molecule has 0 aromatic carbocycles. The molecule has 1 fully saturated rings. The first kappa shape index (κ1) is 14.9. The average Bonchev–Trinajstić information content (AvgIpc) is 2.20. The van der Waals surface area contributed by atoms with Crippen molar-refractivity contribution in [3.05, 3.63) is 0 Å². The quantitative estimate of drug-likeness (QED) is 0.751. The third-order valence-corrected chi connectivity index (χ3v) is 3.91. The zero-order valence-electron chi connectivity index (χ0n) is 12.0. The lowest BCUT2D eigenvalue weighted by atomic mass is 9.82. The van der Waals surface area contributed by atoms with Crippen molar-refractivity contribution in [3.8, 4) is 0 Å². The van der Waals surface area contributed by atoms with Crippen molar-refractivity contribution in [1.29, 1.82) is 0 Å². The summed E-state index contributed by atoms with van der Waals surface area (Å²) < 4.78 is 0. The molecule has 0 amide bonds. The van der Waals surface area contributed by atoms with Gasteiger partial charge in [-0.05, 0) is 19.4 Å². The molecule has 3 N–H and O–H groups in total. The first-order valence-corrected chi connectivity index (χ1v) is 6.58. The Bertz CT molecular complexity index is 239. The molecule has 0 radical (unpaired) electrons. The van der Waals surface area contributed by atoms with E-state index in [2.05, 4.69) is 44.5 Å². The van der Waals surface area contributed by atoms with Gasteiger partial charge in [0.05, 0.1) is 6.61 Å². The fourth-order valence-electron chi connectivity index (χ4n) is 2.65. The first-order chi connectivity index (χ1) is 7.77. The van der Waals surface area contributed by atoms with Gasteiger partial charge in [0, 0.05) is 37.8 Å². The predicted molar refractivity (Wildman–Crippen MR) is 72.0 cm³/mol. The van der Waals surface area contributed by atoms with Gasteiger partial charge in [-0.3, -0.25) is 4.90 Å². The molecule has 102 valence electrons. The van der Waals surface area contributed by atoms with Crippen LogP contribution in [0.1, 0.15) is 27.7 Å². The second-order valence-electron chi connectivity index (χ2n) is 6.49. The van der Waals surface area contributed by atoms with E-state index in [0.717, 1.165) is 19.6 Å². The SMILES string of the molecule is CC1CN(C)CCN1C(CO)C(N)C(C)(C)C. The second kappa shape index (κ2) is 5.65. The summed E-state index contributed by atoms with van der Waals surface area (Å²) in [7, 11) is 2.14. The van der Waals surface area contributed by atoms with Crippen LogP contribution in [0.25, 0.3) is 0 Å². The smallest absolute Gasteiger partial charge is 0.0602 e. The minimum atomic E-state index is -0.00152. The molecule has 3 atom stereocenters. The molecular weight excluding hydrogens is 214 g/mol. The summed E-state index contributed by atoms with van der Waals surface area (Å²) in [4.78, 5) is 4.70. The maximum atomic E-state index is 9.66. The van der Waals surface area contributed by atoms with Crippen LogP contribution in [0.2, 0.25) is 0 Å². The molecule has 1 saturated heterocycles. The Morgan fingerprint density at radius 3 is 2.35 bits per heavy atom. The van der Waals surface area contributed by atoms with Crippen molar-refractivity contribution < 1.29 is 5.11 Å². The number of nitrogens with zero attached hydrogens (tertiary/aromatic N) is 2. The number of hydrogen-bond acceptors (Lipinski definition) is 4. The largest absolute Gasteiger partial charge is 0.395 e. The summed E-state index contributed by atoms with van der Waals surface area (Å²) in [5, 5.41) is 9.66. The Kier molecular flexibility index (Phi) is 4.95. The van der Waals surface area contributed by atoms with Crippen LogP contribution in [0.3, 0.4) is 0 Å². The highest BCUT2D eigenvalue weighted by atomic mass is 16.3. The van der Waals surface area contributed by atoms with E-state index in [1.807, 2.05) is 0 Å². The summed E-state index contributed by atoms with van der Waals surface area (Å²) >= 11 is 0. The number of rotatable bonds is 3. The van der Waals surface area contributed by atoms with E-state index in [4.69, 9.17) is 5.73 Å². The lowest BCUT2D eigenvalue weighted by Gasteiger charge is -2.46. The summed E-state index contributed by atoms with van der Waals surface area (Å²) in [6.07, 6.45) is 0. The highest BCUT2D eigenvalue weighted by Crippen LogP contribution is 2.24. The fourth-order valence-corrected chi connectivity index (χ4v) is 2.65. The van der Waals surface area contributed by atoms with Crippen LogP contribution in [0, 0.1) is 5.41 Å². The lowest BCUT2D eigenvalue weighted by Crippen LogP contribution is -2.62. The van der Waals surface area contributed by atoms with Crippen LogP contribution < -0.4 is 5.73 Å².